The fourth-order valence-corrected chi connectivity index (χ4v) is 5.26. The number of nitrogens with one attached hydrogen (secondary N) is 2. The number of amides is 2. The number of carbonyl (C=O) groups is 2. The van der Waals surface area contributed by atoms with E-state index in [2.05, 4.69) is 20.6 Å². The van der Waals surface area contributed by atoms with E-state index in [9.17, 15) is 14.0 Å². The van der Waals surface area contributed by atoms with Crippen LogP contribution in [0.15, 0.2) is 58.2 Å². The van der Waals surface area contributed by atoms with Crippen LogP contribution in [-0.2, 0) is 17.8 Å². The molecule has 5 rings (SSSR count). The monoisotopic (exact) mass is 492 g/mol. The molecule has 9 heteroatoms. The second kappa shape index (κ2) is 10.5. The van der Waals surface area contributed by atoms with Crippen molar-refractivity contribution in [3.05, 3.63) is 76.7 Å². The molecule has 3 aromatic rings. The predicted molar refractivity (Wildman–Crippen MR) is 132 cm³/mol. The van der Waals surface area contributed by atoms with Crippen LogP contribution in [0.25, 0.3) is 17.4 Å². The summed E-state index contributed by atoms with van der Waals surface area (Å²) in [5.41, 5.74) is 2.42. The number of halogens is 1. The molecule has 180 valence electrons. The number of hydrogen-bond acceptors (Lipinski definition) is 7. The molecule has 1 aliphatic carbocycles. The lowest BCUT2D eigenvalue weighted by Gasteiger charge is -2.29. The van der Waals surface area contributed by atoms with Gasteiger partial charge in [-0.05, 0) is 85.3 Å². The maximum absolute atomic E-state index is 13.8. The van der Waals surface area contributed by atoms with Crippen molar-refractivity contribution in [3.8, 4) is 11.3 Å². The maximum atomic E-state index is 13.8. The van der Waals surface area contributed by atoms with E-state index < -0.39 is 0 Å². The van der Waals surface area contributed by atoms with Crippen molar-refractivity contribution in [2.75, 3.05) is 0 Å². The molecular weight excluding hydrogens is 467 g/mol. The van der Waals surface area contributed by atoms with Gasteiger partial charge in [0, 0.05) is 30.8 Å². The van der Waals surface area contributed by atoms with Crippen molar-refractivity contribution in [1.29, 1.82) is 0 Å². The van der Waals surface area contributed by atoms with Crippen LogP contribution in [0, 0.1) is 11.7 Å². The molecule has 2 aliphatic rings. The molecule has 1 saturated carbocycles. The summed E-state index contributed by atoms with van der Waals surface area (Å²) >= 11 is 0.884. The quantitative estimate of drug-likeness (QED) is 0.444. The average Bonchev–Trinajstić information content (AvgIpc) is 3.49. The Labute approximate surface area is 206 Å². The van der Waals surface area contributed by atoms with Gasteiger partial charge in [-0.3, -0.25) is 14.9 Å². The lowest BCUT2D eigenvalue weighted by Crippen LogP contribution is -2.33. The third kappa shape index (κ3) is 5.86. The number of carbonyl (C=O) groups excluding carboxylic acids is 2. The summed E-state index contributed by atoms with van der Waals surface area (Å²) in [6, 6.07) is 10.6. The van der Waals surface area contributed by atoms with E-state index in [4.69, 9.17) is 4.42 Å². The van der Waals surface area contributed by atoms with Gasteiger partial charge >= 0.3 is 0 Å². The molecule has 1 aliphatic heterocycles. The highest BCUT2D eigenvalue weighted by Crippen LogP contribution is 2.29. The molecule has 1 aromatic carbocycles. The first kappa shape index (κ1) is 23.4. The molecule has 35 heavy (non-hydrogen) atoms. The number of rotatable bonds is 7. The SMILES string of the molecule is O=C1NC(=O)/C(=C/c2ccnc(CC3CCC(NCc4ccc(F)cc4-c4ccco4)CC3)n2)S1. The summed E-state index contributed by atoms with van der Waals surface area (Å²) in [6.45, 7) is 0.652. The summed E-state index contributed by atoms with van der Waals surface area (Å²) < 4.78 is 19.3. The van der Waals surface area contributed by atoms with Crippen molar-refractivity contribution in [2.45, 2.75) is 44.7 Å². The Balaban J connectivity index is 1.14. The molecule has 7 nitrogen and oxygen atoms in total. The molecule has 2 fully saturated rings. The number of thioether (sulfide) groups is 1. The van der Waals surface area contributed by atoms with Crippen LogP contribution in [0.3, 0.4) is 0 Å². The number of benzene rings is 1. The number of furan rings is 1. The van der Waals surface area contributed by atoms with E-state index in [1.807, 2.05) is 12.1 Å². The van der Waals surface area contributed by atoms with E-state index in [-0.39, 0.29) is 17.0 Å². The van der Waals surface area contributed by atoms with Crippen LogP contribution in [0.5, 0.6) is 0 Å². The minimum Gasteiger partial charge on any atom is -0.464 e. The van der Waals surface area contributed by atoms with Crippen molar-refractivity contribution in [2.24, 2.45) is 5.92 Å². The summed E-state index contributed by atoms with van der Waals surface area (Å²) in [4.78, 5) is 32.5. The highest BCUT2D eigenvalue weighted by atomic mass is 32.2. The molecule has 0 bridgehead atoms. The van der Waals surface area contributed by atoms with E-state index in [0.29, 0.717) is 34.9 Å². The van der Waals surface area contributed by atoms with Crippen molar-refractivity contribution < 1.29 is 18.4 Å². The average molecular weight is 493 g/mol. The lowest BCUT2D eigenvalue weighted by atomic mass is 9.84. The smallest absolute Gasteiger partial charge is 0.290 e. The van der Waals surface area contributed by atoms with Gasteiger partial charge in [0.05, 0.1) is 16.9 Å². The number of nitrogens with zero attached hydrogens (tertiary/aromatic N) is 2. The van der Waals surface area contributed by atoms with Crippen LogP contribution in [0.2, 0.25) is 0 Å². The zero-order chi connectivity index (χ0) is 24.2. The number of hydrogen-bond donors (Lipinski definition) is 2. The first-order valence-corrected chi connectivity index (χ1v) is 12.5. The molecule has 2 N–H and O–H groups in total. The second-order valence-corrected chi connectivity index (χ2v) is 9.85. The molecular formula is C26H25FN4O3S. The summed E-state index contributed by atoms with van der Waals surface area (Å²) in [5.74, 6) is 1.25. The standard InChI is InChI=1S/C26H25FN4O3S/c27-18-6-5-17(21(13-18)22-2-1-11-34-22)15-29-19-7-3-16(4-8-19)12-24-28-10-9-20(30-24)14-23-25(32)31-26(33)35-23/h1-2,5-6,9-11,13-14,16,19,29H,3-4,7-8,12,15H2,(H,31,32,33)/b23-14-. The van der Waals surface area contributed by atoms with Gasteiger partial charge in [0.25, 0.3) is 11.1 Å². The Kier molecular flexibility index (Phi) is 7.06. The second-order valence-electron chi connectivity index (χ2n) is 8.83. The fraction of sp³-hybridized carbons (Fsp3) is 0.308. The van der Waals surface area contributed by atoms with Gasteiger partial charge in [-0.2, -0.15) is 0 Å². The Morgan fingerprint density at radius 1 is 1.17 bits per heavy atom. The highest BCUT2D eigenvalue weighted by Gasteiger charge is 2.26. The molecule has 0 atom stereocenters. The Morgan fingerprint density at radius 3 is 2.77 bits per heavy atom. The van der Waals surface area contributed by atoms with Gasteiger partial charge in [0.15, 0.2) is 0 Å². The molecule has 0 spiro atoms. The van der Waals surface area contributed by atoms with Gasteiger partial charge in [-0.25, -0.2) is 14.4 Å². The summed E-state index contributed by atoms with van der Waals surface area (Å²) in [5, 5.41) is 5.52. The topological polar surface area (TPSA) is 97.1 Å². The van der Waals surface area contributed by atoms with Crippen LogP contribution < -0.4 is 10.6 Å². The van der Waals surface area contributed by atoms with E-state index in [0.717, 1.165) is 60.8 Å². The van der Waals surface area contributed by atoms with Crippen molar-refractivity contribution in [1.82, 2.24) is 20.6 Å². The Hall–Kier alpha value is -3.30. The molecule has 2 aromatic heterocycles. The van der Waals surface area contributed by atoms with Gasteiger partial charge < -0.3 is 9.73 Å². The van der Waals surface area contributed by atoms with Gasteiger partial charge in [0.1, 0.15) is 17.4 Å². The Bertz CT molecular complexity index is 1250. The van der Waals surface area contributed by atoms with Crippen molar-refractivity contribution >= 4 is 29.0 Å². The third-order valence-corrected chi connectivity index (χ3v) is 7.22. The molecule has 0 unspecified atom stereocenters. The Morgan fingerprint density at radius 2 is 2.03 bits per heavy atom. The van der Waals surface area contributed by atoms with E-state index >= 15 is 0 Å². The molecule has 2 amide bonds. The normalized spacial score (nSPS) is 21.5. The largest absolute Gasteiger partial charge is 0.464 e. The first-order valence-electron chi connectivity index (χ1n) is 11.7. The van der Waals surface area contributed by atoms with Crippen molar-refractivity contribution in [3.63, 3.8) is 0 Å². The molecule has 3 heterocycles. The minimum absolute atomic E-state index is 0.276. The minimum atomic E-state index is -0.386. The summed E-state index contributed by atoms with van der Waals surface area (Å²) in [7, 11) is 0. The van der Waals surface area contributed by atoms with Gasteiger partial charge in [-0.15, -0.1) is 0 Å². The lowest BCUT2D eigenvalue weighted by molar-refractivity contribution is -0.115. The van der Waals surface area contributed by atoms with Gasteiger partial charge in [0.2, 0.25) is 0 Å². The first-order chi connectivity index (χ1) is 17.0. The van der Waals surface area contributed by atoms with Crippen LogP contribution in [0.1, 0.15) is 42.8 Å². The third-order valence-electron chi connectivity index (χ3n) is 6.41. The molecule has 1 saturated heterocycles. The molecule has 0 radical (unpaired) electrons. The van der Waals surface area contributed by atoms with Crippen LogP contribution in [0.4, 0.5) is 9.18 Å². The van der Waals surface area contributed by atoms with E-state index in [1.54, 1.807) is 30.7 Å². The number of imide groups is 1. The van der Waals surface area contributed by atoms with Crippen LogP contribution >= 0.6 is 11.8 Å². The zero-order valence-electron chi connectivity index (χ0n) is 19.0. The summed E-state index contributed by atoms with van der Waals surface area (Å²) in [6.07, 6.45) is 9.92. The highest BCUT2D eigenvalue weighted by molar-refractivity contribution is 8.18. The zero-order valence-corrected chi connectivity index (χ0v) is 19.8. The fourth-order valence-electron chi connectivity index (χ4n) is 4.60. The maximum Gasteiger partial charge on any atom is 0.290 e. The number of aromatic nitrogens is 2. The van der Waals surface area contributed by atoms with E-state index in [1.165, 1.54) is 12.1 Å². The van der Waals surface area contributed by atoms with Gasteiger partial charge in [-0.1, -0.05) is 6.07 Å². The predicted octanol–water partition coefficient (Wildman–Crippen LogP) is 5.09. The van der Waals surface area contributed by atoms with Crippen LogP contribution in [-0.4, -0.2) is 27.2 Å².